The zero-order valence-corrected chi connectivity index (χ0v) is 9.87. The summed E-state index contributed by atoms with van der Waals surface area (Å²) in [5.74, 6) is 0.883. The third-order valence-electron chi connectivity index (χ3n) is 2.25. The maximum absolute atomic E-state index is 10.6. The van der Waals surface area contributed by atoms with Crippen LogP contribution in [0.1, 0.15) is 32.6 Å². The molecule has 14 heavy (non-hydrogen) atoms. The number of nitrogens with one attached hydrogen (secondary N) is 1. The molecule has 0 bridgehead atoms. The van der Waals surface area contributed by atoms with Gasteiger partial charge in [0.05, 0.1) is 0 Å². The van der Waals surface area contributed by atoms with Gasteiger partial charge in [-0.05, 0) is 19.3 Å². The lowest BCUT2D eigenvalue weighted by Gasteiger charge is -2.32. The molecule has 0 aromatic rings. The smallest absolute Gasteiger partial charge is 0.405 e. The Bertz CT molecular complexity index is 159. The average Bonchev–Trinajstić information content (AvgIpc) is 2.03. The van der Waals surface area contributed by atoms with E-state index < -0.39 is 11.6 Å². The summed E-state index contributed by atoms with van der Waals surface area (Å²) in [6.45, 7) is 2.01. The number of amides is 1. The largest absolute Gasteiger partial charge is 0.465 e. The molecule has 5 heteroatoms. The normalized spacial score (nSPS) is 11.4. The van der Waals surface area contributed by atoms with Crippen LogP contribution in [0.15, 0.2) is 0 Å². The molecule has 2 N–H and O–H groups in total. The third kappa shape index (κ3) is 4.91. The van der Waals surface area contributed by atoms with E-state index in [9.17, 15) is 4.79 Å². The molecule has 0 saturated heterocycles. The molecule has 0 aliphatic carbocycles. The van der Waals surface area contributed by atoms with E-state index in [1.807, 2.05) is 6.92 Å². The van der Waals surface area contributed by atoms with Crippen LogP contribution in [0.3, 0.4) is 0 Å². The first-order valence-electron chi connectivity index (χ1n) is 4.73. The number of halogens is 2. The van der Waals surface area contributed by atoms with Gasteiger partial charge in [0, 0.05) is 17.3 Å². The molecule has 0 spiro atoms. The minimum atomic E-state index is -1.01. The van der Waals surface area contributed by atoms with Gasteiger partial charge < -0.3 is 10.4 Å². The minimum absolute atomic E-state index is 0.440. The summed E-state index contributed by atoms with van der Waals surface area (Å²) in [5, 5.41) is 11.3. The van der Waals surface area contributed by atoms with Crippen molar-refractivity contribution in [2.24, 2.45) is 0 Å². The van der Waals surface area contributed by atoms with Crippen molar-refractivity contribution in [1.82, 2.24) is 5.32 Å². The minimum Gasteiger partial charge on any atom is -0.465 e. The Morgan fingerprint density at radius 2 is 1.79 bits per heavy atom. The maximum atomic E-state index is 10.6. The quantitative estimate of drug-likeness (QED) is 0.674. The van der Waals surface area contributed by atoms with Crippen molar-refractivity contribution in [1.29, 1.82) is 0 Å². The summed E-state index contributed by atoms with van der Waals surface area (Å²) in [4.78, 5) is 10.6. The third-order valence-corrected chi connectivity index (χ3v) is 2.62. The van der Waals surface area contributed by atoms with Crippen LogP contribution < -0.4 is 5.32 Å². The highest BCUT2D eigenvalue weighted by Gasteiger charge is 2.29. The predicted octanol–water partition coefficient (Wildman–Crippen LogP) is 3.05. The van der Waals surface area contributed by atoms with Crippen LogP contribution in [0.4, 0.5) is 4.79 Å². The van der Waals surface area contributed by atoms with Crippen LogP contribution in [0.2, 0.25) is 0 Å². The van der Waals surface area contributed by atoms with Gasteiger partial charge in [0.15, 0.2) is 0 Å². The second-order valence-corrected chi connectivity index (χ2v) is 4.09. The molecule has 0 fully saturated rings. The number of carbonyl (C=O) groups is 1. The molecule has 84 valence electrons. The molecular weight excluding hydrogens is 225 g/mol. The molecule has 0 atom stereocenters. The first kappa shape index (κ1) is 13.8. The van der Waals surface area contributed by atoms with Crippen LogP contribution in [0.25, 0.3) is 0 Å². The molecular formula is C9H17Cl2NO2. The Kier molecular flexibility index (Phi) is 7.11. The van der Waals surface area contributed by atoms with Crippen molar-refractivity contribution in [2.45, 2.75) is 38.1 Å². The van der Waals surface area contributed by atoms with Crippen LogP contribution in [-0.2, 0) is 0 Å². The summed E-state index contributed by atoms with van der Waals surface area (Å²) in [7, 11) is 0. The van der Waals surface area contributed by atoms with E-state index in [-0.39, 0.29) is 0 Å². The van der Waals surface area contributed by atoms with Crippen LogP contribution >= 0.6 is 23.2 Å². The molecule has 0 aliphatic rings. The Hall–Kier alpha value is -0.150. The van der Waals surface area contributed by atoms with Crippen molar-refractivity contribution in [3.05, 3.63) is 0 Å². The molecule has 0 radical (unpaired) electrons. The van der Waals surface area contributed by atoms with Crippen molar-refractivity contribution in [3.8, 4) is 0 Å². The molecule has 0 aromatic heterocycles. The van der Waals surface area contributed by atoms with Gasteiger partial charge in [-0.25, -0.2) is 4.79 Å². The summed E-state index contributed by atoms with van der Waals surface area (Å²) in [5.41, 5.74) is -0.440. The van der Waals surface area contributed by atoms with Gasteiger partial charge in [-0.1, -0.05) is 13.3 Å². The molecule has 0 unspecified atom stereocenters. The van der Waals surface area contributed by atoms with Gasteiger partial charge >= 0.3 is 6.09 Å². The first-order valence-corrected chi connectivity index (χ1v) is 5.80. The number of alkyl halides is 2. The van der Waals surface area contributed by atoms with Crippen molar-refractivity contribution >= 4 is 29.3 Å². The number of hydrogen-bond donors (Lipinski definition) is 2. The highest BCUT2D eigenvalue weighted by molar-refractivity contribution is 6.18. The van der Waals surface area contributed by atoms with Gasteiger partial charge in [-0.2, -0.15) is 0 Å². The molecule has 0 aromatic carbocycles. The van der Waals surface area contributed by atoms with Crippen LogP contribution in [-0.4, -0.2) is 28.5 Å². The Morgan fingerprint density at radius 1 is 1.29 bits per heavy atom. The van der Waals surface area contributed by atoms with Crippen molar-refractivity contribution in [2.75, 3.05) is 11.8 Å². The molecule has 0 saturated carbocycles. The van der Waals surface area contributed by atoms with Gasteiger partial charge in [0.25, 0.3) is 0 Å². The Morgan fingerprint density at radius 3 is 2.07 bits per heavy atom. The zero-order valence-electron chi connectivity index (χ0n) is 8.35. The fourth-order valence-corrected chi connectivity index (χ4v) is 2.35. The highest BCUT2D eigenvalue weighted by Crippen LogP contribution is 2.23. The van der Waals surface area contributed by atoms with E-state index in [0.717, 1.165) is 12.8 Å². The lowest BCUT2D eigenvalue weighted by molar-refractivity contribution is 0.171. The molecule has 3 nitrogen and oxygen atoms in total. The number of carboxylic acid groups (broad SMARTS) is 1. The number of rotatable bonds is 7. The Labute approximate surface area is 94.8 Å². The average molecular weight is 242 g/mol. The monoisotopic (exact) mass is 241 g/mol. The van der Waals surface area contributed by atoms with Crippen LogP contribution in [0.5, 0.6) is 0 Å². The van der Waals surface area contributed by atoms with Gasteiger partial charge in [0.2, 0.25) is 0 Å². The highest BCUT2D eigenvalue weighted by atomic mass is 35.5. The van der Waals surface area contributed by atoms with E-state index in [4.69, 9.17) is 28.3 Å². The standard InChI is InChI=1S/C9H17Cl2NO2/c1-2-3-9(4-6-10,5-7-11)12-8(13)14/h12H,2-7H2,1H3,(H,13,14). The number of hydrogen-bond acceptors (Lipinski definition) is 1. The van der Waals surface area contributed by atoms with E-state index in [1.165, 1.54) is 0 Å². The topological polar surface area (TPSA) is 49.3 Å². The molecule has 0 rings (SSSR count). The van der Waals surface area contributed by atoms with Crippen molar-refractivity contribution in [3.63, 3.8) is 0 Å². The van der Waals surface area contributed by atoms with E-state index >= 15 is 0 Å². The van der Waals surface area contributed by atoms with E-state index in [1.54, 1.807) is 0 Å². The van der Waals surface area contributed by atoms with Gasteiger partial charge in [0.1, 0.15) is 0 Å². The predicted molar refractivity (Wildman–Crippen MR) is 59.5 cm³/mol. The Balaban J connectivity index is 4.45. The first-order chi connectivity index (χ1) is 6.60. The SMILES string of the molecule is CCCC(CCCl)(CCCl)NC(=O)O. The summed E-state index contributed by atoms with van der Waals surface area (Å²) < 4.78 is 0. The fourth-order valence-electron chi connectivity index (χ4n) is 1.63. The molecule has 0 heterocycles. The van der Waals surface area contributed by atoms with Crippen molar-refractivity contribution < 1.29 is 9.90 Å². The van der Waals surface area contributed by atoms with E-state index in [0.29, 0.717) is 24.6 Å². The molecule has 1 amide bonds. The van der Waals surface area contributed by atoms with Gasteiger partial charge in [-0.15, -0.1) is 23.2 Å². The van der Waals surface area contributed by atoms with Crippen LogP contribution in [0, 0.1) is 0 Å². The lowest BCUT2D eigenvalue weighted by Crippen LogP contribution is -2.48. The lowest BCUT2D eigenvalue weighted by atomic mass is 9.88. The molecule has 0 aliphatic heterocycles. The summed E-state index contributed by atoms with van der Waals surface area (Å²) >= 11 is 11.3. The van der Waals surface area contributed by atoms with E-state index in [2.05, 4.69) is 5.32 Å². The second-order valence-electron chi connectivity index (χ2n) is 3.34. The second kappa shape index (κ2) is 7.18. The fraction of sp³-hybridized carbons (Fsp3) is 0.889. The summed E-state index contributed by atoms with van der Waals surface area (Å²) in [6.07, 6.45) is 1.93. The zero-order chi connectivity index (χ0) is 11.0. The van der Waals surface area contributed by atoms with Gasteiger partial charge in [-0.3, -0.25) is 0 Å². The maximum Gasteiger partial charge on any atom is 0.405 e. The summed E-state index contributed by atoms with van der Waals surface area (Å²) in [6, 6.07) is 0.